The van der Waals surface area contributed by atoms with E-state index in [2.05, 4.69) is 5.32 Å². The van der Waals surface area contributed by atoms with Crippen molar-refractivity contribution >= 4 is 35.0 Å². The summed E-state index contributed by atoms with van der Waals surface area (Å²) < 4.78 is 10.3. The molecule has 0 aliphatic carbocycles. The first-order valence-electron chi connectivity index (χ1n) is 8.82. The van der Waals surface area contributed by atoms with Crippen LogP contribution in [0.4, 0.5) is 11.4 Å². The predicted molar refractivity (Wildman–Crippen MR) is 110 cm³/mol. The van der Waals surface area contributed by atoms with Gasteiger partial charge < -0.3 is 14.8 Å². The van der Waals surface area contributed by atoms with E-state index >= 15 is 0 Å². The number of ether oxygens (including phenoxy) is 2. The van der Waals surface area contributed by atoms with Gasteiger partial charge in [-0.2, -0.15) is 0 Å². The van der Waals surface area contributed by atoms with Crippen LogP contribution in [0, 0.1) is 17.0 Å². The highest BCUT2D eigenvalue weighted by Crippen LogP contribution is 2.29. The first-order valence-corrected chi connectivity index (χ1v) is 9.81. The van der Waals surface area contributed by atoms with Crippen LogP contribution in [0.15, 0.2) is 47.4 Å². The number of benzene rings is 2. The van der Waals surface area contributed by atoms with E-state index in [1.54, 1.807) is 0 Å². The predicted octanol–water partition coefficient (Wildman–Crippen LogP) is 3.96. The molecule has 0 unspecified atom stereocenters. The molecule has 2 rings (SSSR count). The molecule has 0 aromatic heterocycles. The van der Waals surface area contributed by atoms with E-state index in [1.165, 1.54) is 44.0 Å². The van der Waals surface area contributed by atoms with Crippen LogP contribution in [-0.4, -0.2) is 35.8 Å². The number of nitro groups is 1. The van der Waals surface area contributed by atoms with Crippen LogP contribution in [0.3, 0.4) is 0 Å². The number of methoxy groups -OCH3 is 1. The fraction of sp³-hybridized carbons (Fsp3) is 0.300. The van der Waals surface area contributed by atoms with Crippen molar-refractivity contribution in [2.45, 2.75) is 31.3 Å². The molecular formula is C20H22N2O6S. The van der Waals surface area contributed by atoms with Crippen molar-refractivity contribution < 1.29 is 24.0 Å². The van der Waals surface area contributed by atoms with Gasteiger partial charge in [-0.05, 0) is 32.0 Å². The van der Waals surface area contributed by atoms with Gasteiger partial charge in [-0.1, -0.05) is 17.7 Å². The van der Waals surface area contributed by atoms with E-state index in [1.807, 2.05) is 31.2 Å². The quantitative estimate of drug-likeness (QED) is 0.284. The smallest absolute Gasteiger partial charge is 0.307 e. The lowest BCUT2D eigenvalue weighted by molar-refractivity contribution is -0.384. The van der Waals surface area contributed by atoms with Crippen LogP contribution in [0.5, 0.6) is 5.75 Å². The van der Waals surface area contributed by atoms with E-state index in [4.69, 9.17) is 9.47 Å². The molecule has 1 N–H and O–H groups in total. The summed E-state index contributed by atoms with van der Waals surface area (Å²) in [6, 6.07) is 11.8. The van der Waals surface area contributed by atoms with E-state index in [9.17, 15) is 19.7 Å². The number of nitrogens with zero attached hydrogens (tertiary/aromatic N) is 1. The molecule has 2 aromatic carbocycles. The number of esters is 1. The second-order valence-electron chi connectivity index (χ2n) is 6.17. The Bertz CT molecular complexity index is 885. The van der Waals surface area contributed by atoms with Crippen LogP contribution in [0.2, 0.25) is 0 Å². The van der Waals surface area contributed by atoms with Gasteiger partial charge in [0, 0.05) is 22.8 Å². The molecule has 0 saturated carbocycles. The molecule has 8 nitrogen and oxygen atoms in total. The van der Waals surface area contributed by atoms with Gasteiger partial charge in [0.1, 0.15) is 5.75 Å². The van der Waals surface area contributed by atoms with Crippen molar-refractivity contribution in [2.24, 2.45) is 0 Å². The van der Waals surface area contributed by atoms with Crippen molar-refractivity contribution in [3.63, 3.8) is 0 Å². The summed E-state index contributed by atoms with van der Waals surface area (Å²) in [7, 11) is 1.38. The molecule has 0 aliphatic rings. The normalized spacial score (nSPS) is 11.4. The van der Waals surface area contributed by atoms with Crippen molar-refractivity contribution in [3.05, 3.63) is 58.1 Å². The number of thioether (sulfide) groups is 1. The monoisotopic (exact) mass is 418 g/mol. The number of nitro benzene ring substituents is 1. The van der Waals surface area contributed by atoms with E-state index < -0.39 is 22.9 Å². The third-order valence-corrected chi connectivity index (χ3v) is 4.94. The number of hydrogen-bond acceptors (Lipinski definition) is 7. The molecule has 154 valence electrons. The zero-order valence-electron chi connectivity index (χ0n) is 16.3. The molecule has 1 atom stereocenters. The van der Waals surface area contributed by atoms with Crippen LogP contribution in [0.25, 0.3) is 0 Å². The summed E-state index contributed by atoms with van der Waals surface area (Å²) in [4.78, 5) is 35.7. The molecule has 0 spiro atoms. The van der Waals surface area contributed by atoms with Crippen LogP contribution < -0.4 is 10.1 Å². The van der Waals surface area contributed by atoms with Gasteiger partial charge in [0.2, 0.25) is 0 Å². The highest BCUT2D eigenvalue weighted by atomic mass is 32.2. The SMILES string of the molecule is COc1ccc([N+](=O)[O-])cc1NC(=O)[C@@H](C)OC(=O)CCSc1ccc(C)cc1. The van der Waals surface area contributed by atoms with Gasteiger partial charge in [0.25, 0.3) is 11.6 Å². The summed E-state index contributed by atoms with van der Waals surface area (Å²) in [5.74, 6) is -0.326. The Labute approximate surface area is 172 Å². The second kappa shape index (κ2) is 10.5. The number of anilines is 1. The Hall–Kier alpha value is -3.07. The fourth-order valence-electron chi connectivity index (χ4n) is 2.34. The van der Waals surface area contributed by atoms with Gasteiger partial charge in [0.15, 0.2) is 6.10 Å². The first-order chi connectivity index (χ1) is 13.8. The van der Waals surface area contributed by atoms with Crippen LogP contribution in [-0.2, 0) is 14.3 Å². The molecule has 29 heavy (non-hydrogen) atoms. The van der Waals surface area contributed by atoms with Crippen molar-refractivity contribution in [1.82, 2.24) is 0 Å². The lowest BCUT2D eigenvalue weighted by Crippen LogP contribution is -2.30. The molecular weight excluding hydrogens is 396 g/mol. The third-order valence-electron chi connectivity index (χ3n) is 3.93. The number of aryl methyl sites for hydroxylation is 1. The van der Waals surface area contributed by atoms with Crippen molar-refractivity contribution in [3.8, 4) is 5.75 Å². The number of non-ortho nitro benzene ring substituents is 1. The number of nitrogens with one attached hydrogen (secondary N) is 1. The van der Waals surface area contributed by atoms with Gasteiger partial charge in [-0.15, -0.1) is 11.8 Å². The Balaban J connectivity index is 1.86. The summed E-state index contributed by atoms with van der Waals surface area (Å²) >= 11 is 1.52. The Kier molecular flexibility index (Phi) is 8.02. The molecule has 2 aromatic rings. The highest BCUT2D eigenvalue weighted by molar-refractivity contribution is 7.99. The molecule has 0 bridgehead atoms. The average molecular weight is 418 g/mol. The molecule has 0 aliphatic heterocycles. The second-order valence-corrected chi connectivity index (χ2v) is 7.34. The van der Waals surface area contributed by atoms with Gasteiger partial charge in [0.05, 0.1) is 24.1 Å². The van der Waals surface area contributed by atoms with Crippen LogP contribution >= 0.6 is 11.8 Å². The number of carbonyl (C=O) groups excluding carboxylic acids is 2. The van der Waals surface area contributed by atoms with Crippen molar-refractivity contribution in [1.29, 1.82) is 0 Å². The maximum Gasteiger partial charge on any atom is 0.307 e. The number of amides is 1. The Morgan fingerprint density at radius 3 is 2.52 bits per heavy atom. The molecule has 0 saturated heterocycles. The number of hydrogen-bond donors (Lipinski definition) is 1. The molecule has 0 radical (unpaired) electrons. The van der Waals surface area contributed by atoms with Gasteiger partial charge in [-0.25, -0.2) is 0 Å². The topological polar surface area (TPSA) is 108 Å². The third kappa shape index (κ3) is 6.79. The highest BCUT2D eigenvalue weighted by Gasteiger charge is 2.20. The zero-order valence-corrected chi connectivity index (χ0v) is 17.2. The minimum atomic E-state index is -1.06. The van der Waals surface area contributed by atoms with Crippen LogP contribution in [0.1, 0.15) is 18.9 Å². The molecule has 0 fully saturated rings. The summed E-state index contributed by atoms with van der Waals surface area (Å²) in [5.41, 5.74) is 1.09. The van der Waals surface area contributed by atoms with Gasteiger partial charge >= 0.3 is 5.97 Å². The standard InChI is InChI=1S/C20H22N2O6S/c1-13-4-7-16(8-5-13)29-11-10-19(23)28-14(2)20(24)21-17-12-15(22(25)26)6-9-18(17)27-3/h4-9,12,14H,10-11H2,1-3H3,(H,21,24)/t14-/m1/s1. The van der Waals surface area contributed by atoms with E-state index in [0.717, 1.165) is 10.5 Å². The zero-order chi connectivity index (χ0) is 21.4. The minimum Gasteiger partial charge on any atom is -0.495 e. The van der Waals surface area contributed by atoms with E-state index in [-0.39, 0.29) is 23.5 Å². The molecule has 0 heterocycles. The van der Waals surface area contributed by atoms with E-state index in [0.29, 0.717) is 5.75 Å². The van der Waals surface area contributed by atoms with Crippen molar-refractivity contribution in [2.75, 3.05) is 18.2 Å². The summed E-state index contributed by atoms with van der Waals surface area (Å²) in [5, 5.41) is 13.4. The fourth-order valence-corrected chi connectivity index (χ4v) is 3.17. The molecule has 1 amide bonds. The summed E-state index contributed by atoms with van der Waals surface area (Å²) in [6.45, 7) is 3.44. The summed E-state index contributed by atoms with van der Waals surface area (Å²) in [6.07, 6.45) is -0.910. The lowest BCUT2D eigenvalue weighted by Gasteiger charge is -2.15. The average Bonchev–Trinajstić information content (AvgIpc) is 2.69. The first kappa shape index (κ1) is 22.2. The number of carbonyl (C=O) groups is 2. The maximum absolute atomic E-state index is 12.3. The Morgan fingerprint density at radius 2 is 1.90 bits per heavy atom. The largest absolute Gasteiger partial charge is 0.495 e. The minimum absolute atomic E-state index is 0.129. The maximum atomic E-state index is 12.3. The van der Waals surface area contributed by atoms with Gasteiger partial charge in [-0.3, -0.25) is 19.7 Å². The lowest BCUT2D eigenvalue weighted by atomic mass is 10.2. The Morgan fingerprint density at radius 1 is 1.21 bits per heavy atom. The molecule has 9 heteroatoms. The number of rotatable bonds is 9.